The predicted molar refractivity (Wildman–Crippen MR) is 120 cm³/mol. The monoisotopic (exact) mass is 461 g/mol. The third-order valence-electron chi connectivity index (χ3n) is 5.26. The molecule has 3 aromatic rings. The normalized spacial score (nSPS) is 21.2. The van der Waals surface area contributed by atoms with Crippen molar-refractivity contribution in [3.63, 3.8) is 0 Å². The summed E-state index contributed by atoms with van der Waals surface area (Å²) < 4.78 is 14.2. The van der Waals surface area contributed by atoms with Gasteiger partial charge in [-0.15, -0.1) is 11.3 Å². The first-order chi connectivity index (χ1) is 14.8. The van der Waals surface area contributed by atoms with Crippen molar-refractivity contribution in [1.82, 2.24) is 9.97 Å². The number of nitrogens with one attached hydrogen (secondary N) is 1. The van der Waals surface area contributed by atoms with Crippen LogP contribution in [-0.4, -0.2) is 46.2 Å². The van der Waals surface area contributed by atoms with Gasteiger partial charge in [0.2, 0.25) is 0 Å². The van der Waals surface area contributed by atoms with Gasteiger partial charge in [0, 0.05) is 36.6 Å². The summed E-state index contributed by atoms with van der Waals surface area (Å²) >= 11 is 7.24. The number of aromatic nitrogens is 2. The van der Waals surface area contributed by atoms with E-state index in [1.165, 1.54) is 12.1 Å². The summed E-state index contributed by atoms with van der Waals surface area (Å²) in [6, 6.07) is 5.78. The highest BCUT2D eigenvalue weighted by molar-refractivity contribution is 7.13. The van der Waals surface area contributed by atoms with E-state index in [9.17, 15) is 14.3 Å². The lowest BCUT2D eigenvalue weighted by Gasteiger charge is -2.40. The maximum Gasteiger partial charge on any atom is 0.275 e. The Morgan fingerprint density at radius 2 is 2.19 bits per heavy atom. The number of pyridine rings is 1. The molecule has 0 bridgehead atoms. The largest absolute Gasteiger partial charge is 0.391 e. The summed E-state index contributed by atoms with van der Waals surface area (Å²) in [5.74, 6) is -0.966. The third-order valence-corrected chi connectivity index (χ3v) is 6.44. The first kappa shape index (κ1) is 21.6. The van der Waals surface area contributed by atoms with Crippen molar-refractivity contribution in [3.8, 4) is 10.6 Å². The molecule has 2 aromatic heterocycles. The lowest BCUT2D eigenvalue weighted by molar-refractivity contribution is 0.0785. The van der Waals surface area contributed by atoms with Crippen molar-refractivity contribution in [3.05, 3.63) is 58.6 Å². The van der Waals surface area contributed by atoms with Crippen molar-refractivity contribution < 1.29 is 14.3 Å². The number of piperidine rings is 1. The summed E-state index contributed by atoms with van der Waals surface area (Å²) in [6.45, 7) is 2.97. The van der Waals surface area contributed by atoms with E-state index in [0.29, 0.717) is 23.8 Å². The number of carbonyl (C=O) groups is 1. The highest BCUT2D eigenvalue weighted by atomic mass is 35.5. The number of aliphatic hydroxyl groups excluding tert-OH is 1. The van der Waals surface area contributed by atoms with E-state index in [2.05, 4.69) is 15.3 Å². The van der Waals surface area contributed by atoms with Crippen LogP contribution in [0.15, 0.2) is 42.0 Å². The molecule has 4 N–H and O–H groups in total. The second-order valence-electron chi connectivity index (χ2n) is 7.52. The molecule has 0 aliphatic carbocycles. The summed E-state index contributed by atoms with van der Waals surface area (Å²) in [6.07, 6.45) is 2.61. The number of hydrogen-bond acceptors (Lipinski definition) is 7. The summed E-state index contributed by atoms with van der Waals surface area (Å²) in [5.41, 5.74) is 7.65. The lowest BCUT2D eigenvalue weighted by Crippen LogP contribution is -2.55. The lowest BCUT2D eigenvalue weighted by atomic mass is 9.92. The Bertz CT molecular complexity index is 1080. The molecule has 1 amide bonds. The molecule has 1 aromatic carbocycles. The smallest absolute Gasteiger partial charge is 0.275 e. The fourth-order valence-electron chi connectivity index (χ4n) is 3.65. The molecule has 0 spiro atoms. The minimum Gasteiger partial charge on any atom is -0.391 e. The molecular weight excluding hydrogens is 441 g/mol. The Kier molecular flexibility index (Phi) is 6.19. The van der Waals surface area contributed by atoms with Crippen molar-refractivity contribution in [2.45, 2.75) is 19.1 Å². The Hall–Kier alpha value is -2.59. The number of benzene rings is 1. The molecule has 0 unspecified atom stereocenters. The van der Waals surface area contributed by atoms with Crippen LogP contribution in [0.25, 0.3) is 10.6 Å². The van der Waals surface area contributed by atoms with Crippen molar-refractivity contribution in [1.29, 1.82) is 0 Å². The molecule has 10 heteroatoms. The quantitative estimate of drug-likeness (QED) is 0.550. The molecule has 3 atom stereocenters. The highest BCUT2D eigenvalue weighted by Crippen LogP contribution is 2.33. The van der Waals surface area contributed by atoms with Crippen LogP contribution in [-0.2, 0) is 0 Å². The van der Waals surface area contributed by atoms with Crippen LogP contribution in [0, 0.1) is 11.7 Å². The number of carbonyl (C=O) groups excluding carboxylic acids is 1. The molecule has 0 saturated carbocycles. The van der Waals surface area contributed by atoms with Gasteiger partial charge in [-0.05, 0) is 18.2 Å². The van der Waals surface area contributed by atoms with Gasteiger partial charge in [0.15, 0.2) is 0 Å². The molecule has 3 heterocycles. The van der Waals surface area contributed by atoms with Crippen LogP contribution in [0.2, 0.25) is 5.02 Å². The van der Waals surface area contributed by atoms with Gasteiger partial charge in [0.25, 0.3) is 5.91 Å². The Labute approximate surface area is 187 Å². The van der Waals surface area contributed by atoms with Crippen LogP contribution < -0.4 is 16.0 Å². The summed E-state index contributed by atoms with van der Waals surface area (Å²) in [4.78, 5) is 23.2. The molecule has 1 aliphatic heterocycles. The van der Waals surface area contributed by atoms with Crippen molar-refractivity contribution in [2.75, 3.05) is 23.3 Å². The minimum atomic E-state index is -0.574. The van der Waals surface area contributed by atoms with Crippen LogP contribution in [0.1, 0.15) is 17.4 Å². The molecule has 0 radical (unpaired) electrons. The number of nitrogens with two attached hydrogens (primary N) is 1. The molecular formula is C21H21ClFN5O2S. The molecule has 1 saturated heterocycles. The zero-order valence-electron chi connectivity index (χ0n) is 16.6. The summed E-state index contributed by atoms with van der Waals surface area (Å²) in [7, 11) is 0. The summed E-state index contributed by atoms with van der Waals surface area (Å²) in [5, 5.41) is 15.1. The maximum absolute atomic E-state index is 14.2. The van der Waals surface area contributed by atoms with Crippen molar-refractivity contribution in [2.24, 2.45) is 11.7 Å². The second kappa shape index (κ2) is 8.88. The SMILES string of the molecule is C[C@H]1CN(c2ccncc2NC(=O)c2csc(-c3c(F)cccc3Cl)n2)C[C@@H](N)[C@@H]1O. The predicted octanol–water partition coefficient (Wildman–Crippen LogP) is 3.39. The topological polar surface area (TPSA) is 104 Å². The molecule has 4 rings (SSSR count). The van der Waals surface area contributed by atoms with E-state index in [0.717, 1.165) is 17.0 Å². The average Bonchev–Trinajstić information content (AvgIpc) is 3.22. The van der Waals surface area contributed by atoms with Crippen LogP contribution in [0.5, 0.6) is 0 Å². The number of nitrogens with zero attached hydrogens (tertiary/aromatic N) is 3. The van der Waals surface area contributed by atoms with Crippen LogP contribution >= 0.6 is 22.9 Å². The number of amides is 1. The first-order valence-electron chi connectivity index (χ1n) is 9.69. The van der Waals surface area contributed by atoms with Crippen LogP contribution in [0.4, 0.5) is 15.8 Å². The van der Waals surface area contributed by atoms with Gasteiger partial charge in [-0.1, -0.05) is 24.6 Å². The fourth-order valence-corrected chi connectivity index (χ4v) is 4.82. The van der Waals surface area contributed by atoms with Gasteiger partial charge >= 0.3 is 0 Å². The van der Waals surface area contributed by atoms with E-state index < -0.39 is 23.9 Å². The fraction of sp³-hybridized carbons (Fsp3) is 0.286. The molecule has 1 aliphatic rings. The van der Waals surface area contributed by atoms with Gasteiger partial charge in [-0.2, -0.15) is 0 Å². The maximum atomic E-state index is 14.2. The molecule has 1 fully saturated rings. The van der Waals surface area contributed by atoms with Gasteiger partial charge in [0.05, 0.1) is 34.3 Å². The number of hydrogen-bond donors (Lipinski definition) is 3. The van der Waals surface area contributed by atoms with E-state index in [-0.39, 0.29) is 22.2 Å². The number of thiazole rings is 1. The van der Waals surface area contributed by atoms with E-state index in [1.54, 1.807) is 29.9 Å². The number of aliphatic hydroxyl groups is 1. The average molecular weight is 462 g/mol. The van der Waals surface area contributed by atoms with E-state index in [1.807, 2.05) is 11.8 Å². The Morgan fingerprint density at radius 3 is 2.94 bits per heavy atom. The van der Waals surface area contributed by atoms with Gasteiger partial charge < -0.3 is 21.1 Å². The Balaban J connectivity index is 1.56. The molecule has 31 heavy (non-hydrogen) atoms. The van der Waals surface area contributed by atoms with E-state index in [4.69, 9.17) is 17.3 Å². The molecule has 7 nitrogen and oxygen atoms in total. The van der Waals surface area contributed by atoms with Crippen molar-refractivity contribution >= 4 is 40.2 Å². The second-order valence-corrected chi connectivity index (χ2v) is 8.78. The number of anilines is 2. The third kappa shape index (κ3) is 4.40. The van der Waals surface area contributed by atoms with Gasteiger partial charge in [0.1, 0.15) is 16.5 Å². The van der Waals surface area contributed by atoms with Gasteiger partial charge in [-0.25, -0.2) is 9.37 Å². The van der Waals surface area contributed by atoms with E-state index >= 15 is 0 Å². The minimum absolute atomic E-state index is 0.0212. The number of rotatable bonds is 4. The standard InChI is InChI=1S/C21H21ClFN5O2S/c1-11-8-28(9-14(24)19(11)29)17-5-6-25-7-15(17)26-20(30)16-10-31-21(27-16)18-12(22)3-2-4-13(18)23/h2-7,10-11,14,19,29H,8-9,24H2,1H3,(H,26,30)/t11-,14+,19+/m0/s1. The van der Waals surface area contributed by atoms with Crippen LogP contribution in [0.3, 0.4) is 0 Å². The zero-order chi connectivity index (χ0) is 22.1. The number of halogens is 2. The molecule has 162 valence electrons. The highest BCUT2D eigenvalue weighted by Gasteiger charge is 2.32. The first-order valence-corrected chi connectivity index (χ1v) is 10.9. The zero-order valence-corrected chi connectivity index (χ0v) is 18.2. The van der Waals surface area contributed by atoms with Gasteiger partial charge in [-0.3, -0.25) is 9.78 Å². The Morgan fingerprint density at radius 1 is 1.39 bits per heavy atom.